The summed E-state index contributed by atoms with van der Waals surface area (Å²) in [6.07, 6.45) is 2.62. The first-order valence-electron chi connectivity index (χ1n) is 8.11. The zero-order valence-electron chi connectivity index (χ0n) is 14.3. The second-order valence-corrected chi connectivity index (χ2v) is 5.37. The summed E-state index contributed by atoms with van der Waals surface area (Å²) in [7, 11) is 0. The Balaban J connectivity index is 1.94. The van der Waals surface area contributed by atoms with Gasteiger partial charge in [-0.1, -0.05) is 6.92 Å². The number of aromatic nitrogens is 3. The normalized spacial score (nSPS) is 13.1. The smallest absolute Gasteiger partial charge is 0.191 e. The van der Waals surface area contributed by atoms with E-state index in [1.807, 2.05) is 30.5 Å². The maximum Gasteiger partial charge on any atom is 0.191 e. The van der Waals surface area contributed by atoms with E-state index in [-0.39, 0.29) is 6.04 Å². The summed E-state index contributed by atoms with van der Waals surface area (Å²) in [5.74, 6) is 3.58. The van der Waals surface area contributed by atoms with Crippen molar-refractivity contribution in [3.63, 3.8) is 0 Å². The van der Waals surface area contributed by atoms with Crippen LogP contribution < -0.4 is 10.6 Å². The number of guanidine groups is 1. The lowest BCUT2D eigenvalue weighted by Gasteiger charge is -2.16. The molecular formula is C16H26N6O. The Morgan fingerprint density at radius 2 is 2.22 bits per heavy atom. The van der Waals surface area contributed by atoms with Gasteiger partial charge in [-0.3, -0.25) is 4.99 Å². The molecule has 0 aliphatic carbocycles. The van der Waals surface area contributed by atoms with E-state index in [9.17, 15) is 0 Å². The van der Waals surface area contributed by atoms with Crippen LogP contribution in [0.2, 0.25) is 0 Å². The van der Waals surface area contributed by atoms with Crippen LogP contribution in [0.1, 0.15) is 44.2 Å². The van der Waals surface area contributed by atoms with Crippen molar-refractivity contribution >= 4 is 5.96 Å². The molecule has 1 atom stereocenters. The van der Waals surface area contributed by atoms with Crippen LogP contribution in [-0.2, 0) is 13.0 Å². The van der Waals surface area contributed by atoms with Crippen molar-refractivity contribution < 1.29 is 4.42 Å². The van der Waals surface area contributed by atoms with Crippen LogP contribution in [0.25, 0.3) is 0 Å². The van der Waals surface area contributed by atoms with Gasteiger partial charge in [0, 0.05) is 19.5 Å². The lowest BCUT2D eigenvalue weighted by atomic mass is 10.2. The Labute approximate surface area is 137 Å². The van der Waals surface area contributed by atoms with Crippen LogP contribution in [0.3, 0.4) is 0 Å². The molecule has 2 aromatic heterocycles. The molecule has 7 heteroatoms. The number of aryl methyl sites for hydroxylation is 2. The maximum absolute atomic E-state index is 5.65. The molecule has 0 spiro atoms. The highest BCUT2D eigenvalue weighted by Gasteiger charge is 2.11. The van der Waals surface area contributed by atoms with Gasteiger partial charge in [0.2, 0.25) is 0 Å². The summed E-state index contributed by atoms with van der Waals surface area (Å²) in [5, 5.41) is 14.6. The molecule has 0 fully saturated rings. The molecule has 1 unspecified atom stereocenters. The molecule has 23 heavy (non-hydrogen) atoms. The van der Waals surface area contributed by atoms with Crippen LogP contribution in [0.4, 0.5) is 0 Å². The SMILES string of the molecule is CCNC(=NCCn1cnnc1CC)NC(C)c1ccc(C)o1. The minimum Gasteiger partial charge on any atom is -0.464 e. The van der Waals surface area contributed by atoms with Gasteiger partial charge in [0.1, 0.15) is 23.7 Å². The van der Waals surface area contributed by atoms with E-state index < -0.39 is 0 Å². The van der Waals surface area contributed by atoms with Crippen molar-refractivity contribution in [1.29, 1.82) is 0 Å². The zero-order chi connectivity index (χ0) is 16.7. The number of furan rings is 1. The molecule has 7 nitrogen and oxygen atoms in total. The maximum atomic E-state index is 5.65. The topological polar surface area (TPSA) is 80.3 Å². The van der Waals surface area contributed by atoms with Gasteiger partial charge in [-0.25, -0.2) is 0 Å². The standard InChI is InChI=1S/C16H26N6O/c1-5-15-21-19-11-22(15)10-9-18-16(17-6-2)20-13(4)14-8-7-12(3)23-14/h7-8,11,13H,5-6,9-10H2,1-4H3,(H2,17,18,20). The van der Waals surface area contributed by atoms with Gasteiger partial charge in [0.25, 0.3) is 0 Å². The van der Waals surface area contributed by atoms with Crippen LogP contribution in [0.5, 0.6) is 0 Å². The third-order valence-corrected chi connectivity index (χ3v) is 3.51. The molecule has 126 valence electrons. The fourth-order valence-electron chi connectivity index (χ4n) is 2.29. The highest BCUT2D eigenvalue weighted by atomic mass is 16.3. The number of hydrogen-bond donors (Lipinski definition) is 2. The Kier molecular flexibility index (Phi) is 6.19. The average molecular weight is 318 g/mol. The van der Waals surface area contributed by atoms with Crippen LogP contribution in [-0.4, -0.2) is 33.8 Å². The van der Waals surface area contributed by atoms with Crippen molar-refractivity contribution in [1.82, 2.24) is 25.4 Å². The molecule has 2 heterocycles. The van der Waals surface area contributed by atoms with Crippen molar-refractivity contribution in [3.8, 4) is 0 Å². The van der Waals surface area contributed by atoms with Gasteiger partial charge in [-0.15, -0.1) is 10.2 Å². The Morgan fingerprint density at radius 1 is 1.39 bits per heavy atom. The molecule has 0 bridgehead atoms. The second kappa shape index (κ2) is 8.36. The Bertz CT molecular complexity index is 630. The molecule has 0 amide bonds. The predicted octanol–water partition coefficient (Wildman–Crippen LogP) is 2.06. The number of aliphatic imine (C=N–C) groups is 1. The third kappa shape index (κ3) is 4.84. The van der Waals surface area contributed by atoms with Crippen molar-refractivity contribution in [2.75, 3.05) is 13.1 Å². The number of nitrogens with zero attached hydrogens (tertiary/aromatic N) is 4. The van der Waals surface area contributed by atoms with Crippen LogP contribution >= 0.6 is 0 Å². The summed E-state index contributed by atoms with van der Waals surface area (Å²) in [6.45, 7) is 10.4. The fourth-order valence-corrected chi connectivity index (χ4v) is 2.29. The molecule has 2 aromatic rings. The van der Waals surface area contributed by atoms with Crippen molar-refractivity contribution in [3.05, 3.63) is 35.8 Å². The summed E-state index contributed by atoms with van der Waals surface area (Å²) < 4.78 is 7.69. The molecule has 2 N–H and O–H groups in total. The molecule has 0 aromatic carbocycles. The average Bonchev–Trinajstić information content (AvgIpc) is 3.16. The van der Waals surface area contributed by atoms with Gasteiger partial charge in [-0.2, -0.15) is 0 Å². The monoisotopic (exact) mass is 318 g/mol. The predicted molar refractivity (Wildman–Crippen MR) is 90.4 cm³/mol. The summed E-state index contributed by atoms with van der Waals surface area (Å²) in [6, 6.07) is 4.01. The van der Waals surface area contributed by atoms with E-state index in [2.05, 4.69) is 39.7 Å². The molecule has 0 aliphatic heterocycles. The molecular weight excluding hydrogens is 292 g/mol. The first-order chi connectivity index (χ1) is 11.1. The van der Waals surface area contributed by atoms with E-state index in [4.69, 9.17) is 4.42 Å². The van der Waals surface area contributed by atoms with Crippen LogP contribution in [0, 0.1) is 6.92 Å². The molecule has 2 rings (SSSR count). The zero-order valence-corrected chi connectivity index (χ0v) is 14.3. The van der Waals surface area contributed by atoms with E-state index in [0.717, 1.165) is 42.8 Å². The minimum absolute atomic E-state index is 0.0580. The lowest BCUT2D eigenvalue weighted by Crippen LogP contribution is -2.38. The van der Waals surface area contributed by atoms with Gasteiger partial charge in [0.15, 0.2) is 5.96 Å². The van der Waals surface area contributed by atoms with Gasteiger partial charge >= 0.3 is 0 Å². The highest BCUT2D eigenvalue weighted by molar-refractivity contribution is 5.80. The summed E-state index contributed by atoms with van der Waals surface area (Å²) in [4.78, 5) is 4.61. The number of hydrogen-bond acceptors (Lipinski definition) is 4. The highest BCUT2D eigenvalue weighted by Crippen LogP contribution is 2.15. The quantitative estimate of drug-likeness (QED) is 0.603. The molecule has 0 saturated heterocycles. The van der Waals surface area contributed by atoms with E-state index in [1.54, 1.807) is 6.33 Å². The minimum atomic E-state index is 0.0580. The van der Waals surface area contributed by atoms with Gasteiger partial charge in [-0.05, 0) is 32.9 Å². The lowest BCUT2D eigenvalue weighted by molar-refractivity contribution is 0.441. The van der Waals surface area contributed by atoms with E-state index >= 15 is 0 Å². The Morgan fingerprint density at radius 3 is 2.87 bits per heavy atom. The fraction of sp³-hybridized carbons (Fsp3) is 0.562. The largest absolute Gasteiger partial charge is 0.464 e. The summed E-state index contributed by atoms with van der Waals surface area (Å²) >= 11 is 0. The molecule has 0 radical (unpaired) electrons. The van der Waals surface area contributed by atoms with Crippen molar-refractivity contribution in [2.45, 2.75) is 46.7 Å². The molecule has 0 aliphatic rings. The van der Waals surface area contributed by atoms with Crippen LogP contribution in [0.15, 0.2) is 27.9 Å². The van der Waals surface area contributed by atoms with E-state index in [1.165, 1.54) is 0 Å². The Hall–Kier alpha value is -2.31. The van der Waals surface area contributed by atoms with Gasteiger partial charge < -0.3 is 19.6 Å². The van der Waals surface area contributed by atoms with E-state index in [0.29, 0.717) is 6.54 Å². The molecule has 0 saturated carbocycles. The number of rotatable bonds is 7. The van der Waals surface area contributed by atoms with Crippen molar-refractivity contribution in [2.24, 2.45) is 4.99 Å². The first kappa shape index (κ1) is 17.1. The summed E-state index contributed by atoms with van der Waals surface area (Å²) in [5.41, 5.74) is 0. The second-order valence-electron chi connectivity index (χ2n) is 5.37. The third-order valence-electron chi connectivity index (χ3n) is 3.51. The number of nitrogens with one attached hydrogen (secondary N) is 2. The van der Waals surface area contributed by atoms with Gasteiger partial charge in [0.05, 0.1) is 12.6 Å². The first-order valence-corrected chi connectivity index (χ1v) is 8.11.